The molecule has 1 fully saturated rings. The van der Waals surface area contributed by atoms with Crippen molar-refractivity contribution in [2.45, 2.75) is 44.4 Å². The Balaban J connectivity index is 1.90. The maximum absolute atomic E-state index is 12.2. The Kier molecular flexibility index (Phi) is 5.71. The van der Waals surface area contributed by atoms with Crippen LogP contribution in [0.5, 0.6) is 0 Å². The molecule has 0 bridgehead atoms. The van der Waals surface area contributed by atoms with E-state index in [-0.39, 0.29) is 5.91 Å². The first-order valence-electron chi connectivity index (χ1n) is 7.35. The lowest BCUT2D eigenvalue weighted by atomic mass is 10.2. The van der Waals surface area contributed by atoms with Crippen molar-refractivity contribution < 1.29 is 4.79 Å². The zero-order valence-corrected chi connectivity index (χ0v) is 13.0. The first-order valence-corrected chi connectivity index (χ1v) is 8.40. The van der Waals surface area contributed by atoms with Crippen LogP contribution in [0.15, 0.2) is 18.3 Å². The van der Waals surface area contributed by atoms with Crippen molar-refractivity contribution >= 4 is 23.4 Å². The van der Waals surface area contributed by atoms with Gasteiger partial charge in [0.15, 0.2) is 0 Å². The van der Waals surface area contributed by atoms with Crippen molar-refractivity contribution in [3.05, 3.63) is 24.0 Å². The minimum atomic E-state index is -0.0584. The lowest BCUT2D eigenvalue weighted by Crippen LogP contribution is -2.33. The molecule has 1 aromatic heterocycles. The van der Waals surface area contributed by atoms with E-state index >= 15 is 0 Å². The molecule has 2 atom stereocenters. The molecule has 1 aliphatic rings. The first-order chi connectivity index (χ1) is 9.72. The number of pyridine rings is 1. The summed E-state index contributed by atoms with van der Waals surface area (Å²) in [6.45, 7) is 5.06. The molecule has 2 unspecified atom stereocenters. The van der Waals surface area contributed by atoms with Crippen LogP contribution in [-0.4, -0.2) is 34.5 Å². The number of carbonyl (C=O) groups is 1. The molecule has 2 rings (SSSR count). The average Bonchev–Trinajstić information content (AvgIpc) is 2.87. The summed E-state index contributed by atoms with van der Waals surface area (Å²) in [4.78, 5) is 16.4. The summed E-state index contributed by atoms with van der Waals surface area (Å²) in [6.07, 6.45) is 5.04. The maximum Gasteiger partial charge on any atom is 0.270 e. The summed E-state index contributed by atoms with van der Waals surface area (Å²) in [7, 11) is 0. The second-order valence-corrected chi connectivity index (χ2v) is 6.60. The summed E-state index contributed by atoms with van der Waals surface area (Å²) in [5, 5.41) is 7.01. The minimum Gasteiger partial charge on any atom is -0.385 e. The highest BCUT2D eigenvalue weighted by atomic mass is 32.2. The number of nitrogens with one attached hydrogen (secondary N) is 2. The van der Waals surface area contributed by atoms with Crippen LogP contribution < -0.4 is 10.6 Å². The lowest BCUT2D eigenvalue weighted by Gasteiger charge is -2.13. The van der Waals surface area contributed by atoms with Gasteiger partial charge in [-0.05, 0) is 44.1 Å². The summed E-state index contributed by atoms with van der Waals surface area (Å²) in [5.41, 5.74) is 1.44. The number of carbonyl (C=O) groups excluding carboxylic acids is 1. The van der Waals surface area contributed by atoms with Gasteiger partial charge >= 0.3 is 0 Å². The molecule has 0 radical (unpaired) electrons. The first kappa shape index (κ1) is 15.2. The molecular formula is C15H23N3OS. The number of hydrogen-bond donors (Lipinski definition) is 2. The van der Waals surface area contributed by atoms with E-state index in [0.717, 1.165) is 30.8 Å². The highest BCUT2D eigenvalue weighted by Gasteiger charge is 2.26. The summed E-state index contributed by atoms with van der Waals surface area (Å²) >= 11 is 2.00. The highest BCUT2D eigenvalue weighted by molar-refractivity contribution is 7.99. The highest BCUT2D eigenvalue weighted by Crippen LogP contribution is 2.29. The van der Waals surface area contributed by atoms with Gasteiger partial charge in [0, 0.05) is 29.7 Å². The smallest absolute Gasteiger partial charge is 0.270 e. The Morgan fingerprint density at radius 3 is 3.05 bits per heavy atom. The van der Waals surface area contributed by atoms with Crippen LogP contribution in [0.2, 0.25) is 0 Å². The Hall–Kier alpha value is -1.23. The van der Waals surface area contributed by atoms with Crippen LogP contribution >= 0.6 is 11.8 Å². The normalized spacial score (nSPS) is 21.7. The Bertz CT molecular complexity index is 452. The quantitative estimate of drug-likeness (QED) is 0.847. The van der Waals surface area contributed by atoms with Crippen molar-refractivity contribution in [2.24, 2.45) is 0 Å². The summed E-state index contributed by atoms with van der Waals surface area (Å²) in [5.74, 6) is 1.09. The predicted molar refractivity (Wildman–Crippen MR) is 85.4 cm³/mol. The van der Waals surface area contributed by atoms with Gasteiger partial charge in [-0.1, -0.05) is 6.92 Å². The third kappa shape index (κ3) is 4.13. The zero-order chi connectivity index (χ0) is 14.4. The van der Waals surface area contributed by atoms with Gasteiger partial charge in [-0.3, -0.25) is 9.78 Å². The second-order valence-electron chi connectivity index (χ2n) is 5.02. The van der Waals surface area contributed by atoms with E-state index in [1.807, 2.05) is 30.8 Å². The van der Waals surface area contributed by atoms with Crippen LogP contribution in [-0.2, 0) is 0 Å². The third-order valence-corrected chi connectivity index (χ3v) is 4.73. The molecule has 1 heterocycles. The van der Waals surface area contributed by atoms with E-state index in [1.54, 1.807) is 6.20 Å². The van der Waals surface area contributed by atoms with Gasteiger partial charge in [0.2, 0.25) is 0 Å². The number of nitrogens with zero attached hydrogens (tertiary/aromatic N) is 1. The molecule has 0 aromatic carbocycles. The molecule has 2 N–H and O–H groups in total. The SMILES string of the molecule is CCNc1ccnc(C(=O)NC2CCC(SCC)C2)c1. The largest absolute Gasteiger partial charge is 0.385 e. The molecule has 1 amide bonds. The van der Waals surface area contributed by atoms with E-state index in [9.17, 15) is 4.79 Å². The van der Waals surface area contributed by atoms with Crippen molar-refractivity contribution in [1.29, 1.82) is 0 Å². The van der Waals surface area contributed by atoms with Crippen LogP contribution in [0.25, 0.3) is 0 Å². The van der Waals surface area contributed by atoms with E-state index in [4.69, 9.17) is 0 Å². The van der Waals surface area contributed by atoms with Gasteiger partial charge in [0.05, 0.1) is 0 Å². The average molecular weight is 293 g/mol. The van der Waals surface area contributed by atoms with Gasteiger partial charge in [-0.25, -0.2) is 0 Å². The molecule has 0 saturated heterocycles. The molecule has 0 aliphatic heterocycles. The molecule has 1 aromatic rings. The Morgan fingerprint density at radius 2 is 2.30 bits per heavy atom. The Morgan fingerprint density at radius 1 is 1.45 bits per heavy atom. The van der Waals surface area contributed by atoms with Crippen molar-refractivity contribution in [3.63, 3.8) is 0 Å². The number of amides is 1. The monoisotopic (exact) mass is 293 g/mol. The molecule has 1 saturated carbocycles. The van der Waals surface area contributed by atoms with Gasteiger partial charge in [0.1, 0.15) is 5.69 Å². The predicted octanol–water partition coefficient (Wildman–Crippen LogP) is 2.92. The number of thioether (sulfide) groups is 1. The van der Waals surface area contributed by atoms with E-state index in [2.05, 4.69) is 22.5 Å². The number of hydrogen-bond acceptors (Lipinski definition) is 4. The third-order valence-electron chi connectivity index (χ3n) is 3.50. The summed E-state index contributed by atoms with van der Waals surface area (Å²) in [6, 6.07) is 3.99. The van der Waals surface area contributed by atoms with Crippen molar-refractivity contribution in [3.8, 4) is 0 Å². The van der Waals surface area contributed by atoms with Crippen LogP contribution in [0, 0.1) is 0 Å². The van der Waals surface area contributed by atoms with E-state index in [1.165, 1.54) is 6.42 Å². The fraction of sp³-hybridized carbons (Fsp3) is 0.600. The van der Waals surface area contributed by atoms with E-state index < -0.39 is 0 Å². The molecular weight excluding hydrogens is 270 g/mol. The van der Waals surface area contributed by atoms with Gasteiger partial charge in [-0.15, -0.1) is 0 Å². The van der Waals surface area contributed by atoms with Crippen LogP contribution in [0.3, 0.4) is 0 Å². The number of anilines is 1. The van der Waals surface area contributed by atoms with Gasteiger partial charge < -0.3 is 10.6 Å². The van der Waals surface area contributed by atoms with Crippen LogP contribution in [0.4, 0.5) is 5.69 Å². The molecule has 4 nitrogen and oxygen atoms in total. The molecule has 110 valence electrons. The zero-order valence-electron chi connectivity index (χ0n) is 12.2. The fourth-order valence-electron chi connectivity index (χ4n) is 2.59. The number of aromatic nitrogens is 1. The maximum atomic E-state index is 12.2. The van der Waals surface area contributed by atoms with Crippen molar-refractivity contribution in [1.82, 2.24) is 10.3 Å². The Labute approximate surface area is 125 Å². The molecule has 0 spiro atoms. The topological polar surface area (TPSA) is 54.0 Å². The minimum absolute atomic E-state index is 0.0584. The summed E-state index contributed by atoms with van der Waals surface area (Å²) < 4.78 is 0. The fourth-order valence-corrected chi connectivity index (χ4v) is 3.73. The van der Waals surface area contributed by atoms with E-state index in [0.29, 0.717) is 17.0 Å². The van der Waals surface area contributed by atoms with Crippen LogP contribution in [0.1, 0.15) is 43.6 Å². The van der Waals surface area contributed by atoms with Gasteiger partial charge in [-0.2, -0.15) is 11.8 Å². The number of rotatable bonds is 6. The van der Waals surface area contributed by atoms with Gasteiger partial charge in [0.25, 0.3) is 5.91 Å². The molecule has 20 heavy (non-hydrogen) atoms. The lowest BCUT2D eigenvalue weighted by molar-refractivity contribution is 0.0933. The molecule has 5 heteroatoms. The second kappa shape index (κ2) is 7.53. The standard InChI is InChI=1S/C15H23N3OS/c1-3-16-11-7-8-17-14(10-11)15(19)18-12-5-6-13(9-12)20-4-2/h7-8,10,12-13H,3-6,9H2,1-2H3,(H,16,17)(H,18,19). The van der Waals surface area contributed by atoms with Crippen molar-refractivity contribution in [2.75, 3.05) is 17.6 Å². The molecule has 1 aliphatic carbocycles.